The number of nitrogens with zero attached hydrogens (tertiary/aromatic N) is 1. The second kappa shape index (κ2) is 13.4. The molecule has 3 nitrogen and oxygen atoms in total. The van der Waals surface area contributed by atoms with Gasteiger partial charge in [-0.3, -0.25) is 4.99 Å². The Bertz CT molecular complexity index is 1270. The lowest BCUT2D eigenvalue weighted by molar-refractivity contribution is 0.0735. The van der Waals surface area contributed by atoms with Crippen LogP contribution in [0.1, 0.15) is 60.2 Å². The number of aliphatic imine (C=N–C) groups is 1. The molecular formula is C34H35NO2. The van der Waals surface area contributed by atoms with Crippen LogP contribution in [0.4, 0.5) is 0 Å². The van der Waals surface area contributed by atoms with E-state index in [4.69, 9.17) is 4.74 Å². The smallest absolute Gasteiger partial charge is 0.343 e. The molecule has 0 saturated heterocycles. The van der Waals surface area contributed by atoms with Gasteiger partial charge in [0.05, 0.1) is 11.6 Å². The summed E-state index contributed by atoms with van der Waals surface area (Å²) < 4.78 is 5.58. The molecule has 3 heteroatoms. The Morgan fingerprint density at radius 2 is 1.43 bits per heavy atom. The molecule has 1 atom stereocenters. The zero-order valence-electron chi connectivity index (χ0n) is 21.8. The molecule has 0 aliphatic carbocycles. The Morgan fingerprint density at radius 3 is 2.08 bits per heavy atom. The van der Waals surface area contributed by atoms with Gasteiger partial charge >= 0.3 is 5.97 Å². The van der Waals surface area contributed by atoms with E-state index >= 15 is 0 Å². The predicted octanol–water partition coefficient (Wildman–Crippen LogP) is 8.36. The third-order valence-corrected chi connectivity index (χ3v) is 6.42. The van der Waals surface area contributed by atoms with Crippen molar-refractivity contribution in [1.29, 1.82) is 0 Å². The second-order valence-electron chi connectivity index (χ2n) is 9.51. The summed E-state index contributed by atoms with van der Waals surface area (Å²) in [5.74, 6) is 0.151. The fourth-order valence-electron chi connectivity index (χ4n) is 4.25. The fraction of sp³-hybridized carbons (Fsp3) is 0.235. The maximum Gasteiger partial charge on any atom is 0.343 e. The summed E-state index contributed by atoms with van der Waals surface area (Å²) in [6, 6.07) is 34.3. The van der Waals surface area contributed by atoms with E-state index < -0.39 is 0 Å². The van der Waals surface area contributed by atoms with Gasteiger partial charge in [0.2, 0.25) is 0 Å². The molecule has 0 bridgehead atoms. The summed E-state index contributed by atoms with van der Waals surface area (Å²) in [5, 5.41) is 0. The minimum Gasteiger partial charge on any atom is -0.423 e. The lowest BCUT2D eigenvalue weighted by Gasteiger charge is -2.08. The molecule has 0 N–H and O–H groups in total. The summed E-state index contributed by atoms with van der Waals surface area (Å²) in [5.41, 5.74) is 6.38. The van der Waals surface area contributed by atoms with Crippen LogP contribution in [0.15, 0.2) is 108 Å². The van der Waals surface area contributed by atoms with Crippen LogP contribution < -0.4 is 4.74 Å². The second-order valence-corrected chi connectivity index (χ2v) is 9.51. The molecular weight excluding hydrogens is 454 g/mol. The van der Waals surface area contributed by atoms with Crippen molar-refractivity contribution in [2.75, 3.05) is 0 Å². The van der Waals surface area contributed by atoms with E-state index in [0.717, 1.165) is 29.5 Å². The van der Waals surface area contributed by atoms with Gasteiger partial charge in [-0.15, -0.1) is 0 Å². The van der Waals surface area contributed by atoms with Crippen LogP contribution in [-0.2, 0) is 12.8 Å². The summed E-state index contributed by atoms with van der Waals surface area (Å²) in [6.45, 7) is 4.33. The highest BCUT2D eigenvalue weighted by molar-refractivity contribution is 5.91. The van der Waals surface area contributed by atoms with E-state index in [-0.39, 0.29) is 12.0 Å². The van der Waals surface area contributed by atoms with Gasteiger partial charge in [-0.25, -0.2) is 4.79 Å². The van der Waals surface area contributed by atoms with E-state index in [9.17, 15) is 4.79 Å². The molecule has 4 aromatic rings. The van der Waals surface area contributed by atoms with E-state index in [2.05, 4.69) is 55.2 Å². The number of hydrogen-bond donors (Lipinski definition) is 0. The van der Waals surface area contributed by atoms with Crippen molar-refractivity contribution >= 4 is 12.2 Å². The molecule has 4 rings (SSSR count). The largest absolute Gasteiger partial charge is 0.423 e. The number of carbonyl (C=O) groups is 1. The van der Waals surface area contributed by atoms with Crippen LogP contribution in [-0.4, -0.2) is 18.2 Å². The van der Waals surface area contributed by atoms with Gasteiger partial charge in [0, 0.05) is 6.21 Å². The van der Waals surface area contributed by atoms with Crippen molar-refractivity contribution in [1.82, 2.24) is 0 Å². The molecule has 0 aliphatic heterocycles. The van der Waals surface area contributed by atoms with Crippen molar-refractivity contribution in [2.45, 2.75) is 52.0 Å². The number of benzene rings is 4. The average molecular weight is 490 g/mol. The van der Waals surface area contributed by atoms with Crippen molar-refractivity contribution < 1.29 is 9.53 Å². The topological polar surface area (TPSA) is 38.7 Å². The highest BCUT2D eigenvalue weighted by Crippen LogP contribution is 2.22. The molecule has 4 aromatic carbocycles. The number of hydrogen-bond acceptors (Lipinski definition) is 3. The van der Waals surface area contributed by atoms with Crippen LogP contribution in [0.3, 0.4) is 0 Å². The van der Waals surface area contributed by atoms with Crippen LogP contribution in [0.5, 0.6) is 5.75 Å². The molecule has 188 valence electrons. The number of esters is 1. The first-order chi connectivity index (χ1) is 18.1. The summed E-state index contributed by atoms with van der Waals surface area (Å²) in [4.78, 5) is 17.3. The van der Waals surface area contributed by atoms with Gasteiger partial charge in [0.1, 0.15) is 5.75 Å². The number of unbranched alkanes of at least 4 members (excludes halogenated alkanes) is 2. The van der Waals surface area contributed by atoms with Crippen LogP contribution >= 0.6 is 0 Å². The minimum absolute atomic E-state index is 0.187. The molecule has 0 aliphatic rings. The number of aryl methyl sites for hydroxylation is 1. The molecule has 0 spiro atoms. The van der Waals surface area contributed by atoms with E-state index in [1.54, 1.807) is 12.1 Å². The molecule has 0 radical (unpaired) electrons. The highest BCUT2D eigenvalue weighted by Gasteiger charge is 2.09. The molecule has 0 unspecified atom stereocenters. The fourth-order valence-corrected chi connectivity index (χ4v) is 4.25. The molecule has 0 fully saturated rings. The van der Waals surface area contributed by atoms with E-state index in [1.165, 1.54) is 30.4 Å². The molecule has 0 aromatic heterocycles. The summed E-state index contributed by atoms with van der Waals surface area (Å²) in [6.07, 6.45) is 7.64. The lowest BCUT2D eigenvalue weighted by atomic mass is 10.0. The monoisotopic (exact) mass is 489 g/mol. The van der Waals surface area contributed by atoms with Crippen molar-refractivity contribution in [3.05, 3.63) is 125 Å². The van der Waals surface area contributed by atoms with Gasteiger partial charge in [0.15, 0.2) is 0 Å². The number of rotatable bonds is 11. The molecule has 0 heterocycles. The van der Waals surface area contributed by atoms with E-state index in [0.29, 0.717) is 11.3 Å². The lowest BCUT2D eigenvalue weighted by Crippen LogP contribution is -2.08. The Balaban J connectivity index is 1.30. The maximum absolute atomic E-state index is 12.7. The Kier molecular flexibility index (Phi) is 9.42. The number of carbonyl (C=O) groups excluding carboxylic acids is 1. The van der Waals surface area contributed by atoms with Crippen LogP contribution in [0.2, 0.25) is 0 Å². The molecule has 0 amide bonds. The Hall–Kier alpha value is -3.98. The zero-order valence-corrected chi connectivity index (χ0v) is 21.8. The van der Waals surface area contributed by atoms with Gasteiger partial charge in [-0.1, -0.05) is 86.5 Å². The minimum atomic E-state index is -0.365. The van der Waals surface area contributed by atoms with Crippen molar-refractivity contribution in [3.63, 3.8) is 0 Å². The first-order valence-corrected chi connectivity index (χ1v) is 13.2. The Morgan fingerprint density at radius 1 is 0.784 bits per heavy atom. The van der Waals surface area contributed by atoms with Crippen molar-refractivity contribution in [3.8, 4) is 16.9 Å². The quantitative estimate of drug-likeness (QED) is 0.0919. The Labute approximate surface area is 220 Å². The van der Waals surface area contributed by atoms with Crippen molar-refractivity contribution in [2.24, 2.45) is 4.99 Å². The zero-order chi connectivity index (χ0) is 25.9. The first-order valence-electron chi connectivity index (χ1n) is 13.2. The van der Waals surface area contributed by atoms with Crippen LogP contribution in [0, 0.1) is 0 Å². The van der Waals surface area contributed by atoms with Gasteiger partial charge in [0.25, 0.3) is 0 Å². The third kappa shape index (κ3) is 8.01. The highest BCUT2D eigenvalue weighted by atomic mass is 16.5. The summed E-state index contributed by atoms with van der Waals surface area (Å²) in [7, 11) is 0. The predicted molar refractivity (Wildman–Crippen MR) is 154 cm³/mol. The standard InChI is InChI=1S/C34H35NO2/c1-3-4-6-9-27-12-16-30(17-13-27)31-18-20-32(21-19-31)34(36)37-33-22-14-29(15-23-33)25-35-26(2)24-28-10-7-5-8-11-28/h5,7-8,10-23,25-26H,3-4,6,9,24H2,1-2H3/t26-/m0/s1. The molecule has 0 saturated carbocycles. The SMILES string of the molecule is CCCCCc1ccc(-c2ccc(C(=O)Oc3ccc(C=N[C@@H](C)Cc4ccccc4)cc3)cc2)cc1. The maximum atomic E-state index is 12.7. The average Bonchev–Trinajstić information content (AvgIpc) is 2.94. The third-order valence-electron chi connectivity index (χ3n) is 6.42. The van der Waals surface area contributed by atoms with Gasteiger partial charge in [-0.05, 0) is 90.4 Å². The number of ether oxygens (including phenoxy) is 1. The molecule has 37 heavy (non-hydrogen) atoms. The van der Waals surface area contributed by atoms with Crippen LogP contribution in [0.25, 0.3) is 11.1 Å². The first kappa shape index (κ1) is 26.1. The van der Waals surface area contributed by atoms with E-state index in [1.807, 2.05) is 60.8 Å². The summed E-state index contributed by atoms with van der Waals surface area (Å²) >= 11 is 0. The van der Waals surface area contributed by atoms with Gasteiger partial charge < -0.3 is 4.74 Å². The van der Waals surface area contributed by atoms with Gasteiger partial charge in [-0.2, -0.15) is 0 Å². The normalized spacial score (nSPS) is 11.9.